The van der Waals surface area contributed by atoms with Gasteiger partial charge in [0.1, 0.15) is 6.04 Å². The molecule has 3 N–H and O–H groups in total. The molecule has 0 saturated carbocycles. The summed E-state index contributed by atoms with van der Waals surface area (Å²) in [4.78, 5) is 32.9. The number of rotatable bonds is 5. The van der Waals surface area contributed by atoms with Gasteiger partial charge in [-0.05, 0) is 17.7 Å². The van der Waals surface area contributed by atoms with Crippen LogP contribution in [0.15, 0.2) is 66.9 Å². The van der Waals surface area contributed by atoms with Crippen molar-refractivity contribution in [3.8, 4) is 0 Å². The van der Waals surface area contributed by atoms with Gasteiger partial charge in [-0.1, -0.05) is 48.5 Å². The molecule has 2 amide bonds. The standard InChI is InChI=1S/C22H22N6O3/c23-21(29)20-19-17(11-27(25-19)22(30)24-16-9-5-2-6-10-16)18-12-26(20)14-28(18)31-13-15-7-3-1-4-8-15/h1-11,18,20H,12-14H2,(H2,23,29)(H,24,30). The smallest absolute Gasteiger partial charge is 0.346 e. The first-order chi connectivity index (χ1) is 15.1. The molecule has 3 atom stereocenters. The third kappa shape index (κ3) is 3.70. The first-order valence-electron chi connectivity index (χ1n) is 10.0. The first kappa shape index (κ1) is 19.4. The molecule has 0 radical (unpaired) electrons. The summed E-state index contributed by atoms with van der Waals surface area (Å²) < 4.78 is 1.23. The number of carbonyl (C=O) groups is 2. The van der Waals surface area contributed by atoms with Crippen molar-refractivity contribution in [3.63, 3.8) is 0 Å². The molecule has 2 aliphatic heterocycles. The lowest BCUT2D eigenvalue weighted by Gasteiger charge is -2.27. The van der Waals surface area contributed by atoms with E-state index < -0.39 is 18.0 Å². The van der Waals surface area contributed by atoms with Crippen LogP contribution >= 0.6 is 0 Å². The fourth-order valence-electron chi connectivity index (χ4n) is 4.12. The summed E-state index contributed by atoms with van der Waals surface area (Å²) in [6.07, 6.45) is 1.66. The summed E-state index contributed by atoms with van der Waals surface area (Å²) in [5.74, 6) is -0.502. The van der Waals surface area contributed by atoms with E-state index in [1.54, 1.807) is 18.3 Å². The number of aromatic nitrogens is 2. The zero-order chi connectivity index (χ0) is 21.4. The van der Waals surface area contributed by atoms with Gasteiger partial charge in [-0.15, -0.1) is 0 Å². The summed E-state index contributed by atoms with van der Waals surface area (Å²) >= 11 is 0. The molecule has 158 valence electrons. The normalized spacial score (nSPS) is 22.1. The van der Waals surface area contributed by atoms with Gasteiger partial charge in [0.05, 0.1) is 25.0 Å². The molecule has 31 heavy (non-hydrogen) atoms. The van der Waals surface area contributed by atoms with E-state index in [0.717, 1.165) is 11.1 Å². The van der Waals surface area contributed by atoms with Crippen LogP contribution in [0.1, 0.15) is 28.9 Å². The Morgan fingerprint density at radius 3 is 2.52 bits per heavy atom. The number of nitrogens with one attached hydrogen (secondary N) is 1. The Morgan fingerprint density at radius 1 is 1.10 bits per heavy atom. The molecular weight excluding hydrogens is 396 g/mol. The molecule has 3 unspecified atom stereocenters. The van der Waals surface area contributed by atoms with Crippen molar-refractivity contribution in [1.82, 2.24) is 19.7 Å². The minimum atomic E-state index is -0.706. The van der Waals surface area contributed by atoms with Crippen LogP contribution in [0.25, 0.3) is 0 Å². The highest BCUT2D eigenvalue weighted by Gasteiger charge is 2.47. The van der Waals surface area contributed by atoms with Crippen molar-refractivity contribution >= 4 is 17.6 Å². The van der Waals surface area contributed by atoms with Gasteiger partial charge in [-0.3, -0.25) is 14.5 Å². The number of primary amides is 1. The monoisotopic (exact) mass is 418 g/mol. The molecule has 0 spiro atoms. The summed E-state index contributed by atoms with van der Waals surface area (Å²) in [5.41, 5.74) is 8.67. The molecule has 9 nitrogen and oxygen atoms in total. The van der Waals surface area contributed by atoms with Crippen LogP contribution in [0.3, 0.4) is 0 Å². The quantitative estimate of drug-likeness (QED) is 0.658. The van der Waals surface area contributed by atoms with Gasteiger partial charge < -0.3 is 11.1 Å². The van der Waals surface area contributed by atoms with E-state index in [4.69, 9.17) is 10.6 Å². The molecular formula is C22H22N6O3. The van der Waals surface area contributed by atoms with Gasteiger partial charge >= 0.3 is 6.03 Å². The molecule has 9 heteroatoms. The lowest BCUT2D eigenvalue weighted by Crippen LogP contribution is -2.39. The van der Waals surface area contributed by atoms with Gasteiger partial charge in [0.25, 0.3) is 0 Å². The van der Waals surface area contributed by atoms with Crippen LogP contribution in [0.5, 0.6) is 0 Å². The zero-order valence-corrected chi connectivity index (χ0v) is 16.7. The Labute approximate surface area is 178 Å². The lowest BCUT2D eigenvalue weighted by molar-refractivity contribution is -0.185. The number of carbonyl (C=O) groups excluding carboxylic acids is 2. The van der Waals surface area contributed by atoms with Crippen molar-refractivity contribution in [2.45, 2.75) is 18.7 Å². The molecule has 2 bridgehead atoms. The van der Waals surface area contributed by atoms with E-state index in [1.165, 1.54) is 4.68 Å². The Balaban J connectivity index is 1.40. The average molecular weight is 418 g/mol. The molecule has 1 fully saturated rings. The molecule has 0 aliphatic carbocycles. The zero-order valence-electron chi connectivity index (χ0n) is 16.7. The number of fused-ring (bicyclic) bond motifs is 4. The maximum Gasteiger partial charge on any atom is 0.346 e. The van der Waals surface area contributed by atoms with Gasteiger partial charge in [0.15, 0.2) is 0 Å². The highest BCUT2D eigenvalue weighted by molar-refractivity contribution is 5.90. The maximum absolute atomic E-state index is 12.7. The number of para-hydroxylation sites is 1. The molecule has 3 heterocycles. The average Bonchev–Trinajstić information content (AvgIpc) is 3.37. The number of nitrogens with two attached hydrogens (primary N) is 1. The number of hydroxylamine groups is 2. The predicted octanol–water partition coefficient (Wildman–Crippen LogP) is 2.25. The summed E-state index contributed by atoms with van der Waals surface area (Å²) in [6, 6.07) is 17.7. The Bertz CT molecular complexity index is 1100. The van der Waals surface area contributed by atoms with E-state index >= 15 is 0 Å². The largest absolute Gasteiger partial charge is 0.368 e. The van der Waals surface area contributed by atoms with Gasteiger partial charge in [0.2, 0.25) is 5.91 Å². The highest BCUT2D eigenvalue weighted by atomic mass is 16.7. The van der Waals surface area contributed by atoms with Gasteiger partial charge in [-0.25, -0.2) is 4.79 Å². The number of hydrogen-bond acceptors (Lipinski definition) is 6. The summed E-state index contributed by atoms with van der Waals surface area (Å²) in [5, 5.41) is 9.05. The van der Waals surface area contributed by atoms with E-state index in [-0.39, 0.29) is 6.04 Å². The lowest BCUT2D eigenvalue weighted by atomic mass is 9.98. The van der Waals surface area contributed by atoms with Crippen LogP contribution in [-0.2, 0) is 16.2 Å². The van der Waals surface area contributed by atoms with E-state index in [0.29, 0.717) is 31.2 Å². The Hall–Kier alpha value is -3.53. The van der Waals surface area contributed by atoms with Crippen molar-refractivity contribution in [3.05, 3.63) is 83.7 Å². The highest BCUT2D eigenvalue weighted by Crippen LogP contribution is 2.42. The van der Waals surface area contributed by atoms with Gasteiger partial charge in [-0.2, -0.15) is 14.8 Å². The molecule has 3 aromatic rings. The second-order valence-electron chi connectivity index (χ2n) is 7.62. The second kappa shape index (κ2) is 7.95. The number of amides is 2. The predicted molar refractivity (Wildman–Crippen MR) is 112 cm³/mol. The summed E-state index contributed by atoms with van der Waals surface area (Å²) in [6.45, 7) is 1.41. The SMILES string of the molecule is NC(=O)C1c2nn(C(=O)Nc3ccccc3)cc2C2CN1CN2OCc1ccccc1. The van der Waals surface area contributed by atoms with E-state index in [2.05, 4.69) is 10.4 Å². The first-order valence-corrected chi connectivity index (χ1v) is 10.0. The van der Waals surface area contributed by atoms with Crippen molar-refractivity contribution < 1.29 is 14.4 Å². The third-order valence-electron chi connectivity index (χ3n) is 5.57. The minimum Gasteiger partial charge on any atom is -0.368 e. The number of nitrogens with zero attached hydrogens (tertiary/aromatic N) is 4. The Kier molecular flexibility index (Phi) is 4.99. The molecule has 1 aromatic heterocycles. The van der Waals surface area contributed by atoms with Crippen molar-refractivity contribution in [1.29, 1.82) is 0 Å². The van der Waals surface area contributed by atoms with Crippen LogP contribution in [-0.4, -0.2) is 44.9 Å². The van der Waals surface area contributed by atoms with E-state index in [9.17, 15) is 9.59 Å². The second-order valence-corrected chi connectivity index (χ2v) is 7.62. The molecule has 2 aliphatic rings. The maximum atomic E-state index is 12.7. The van der Waals surface area contributed by atoms with Gasteiger partial charge in [0, 0.05) is 24.0 Å². The summed E-state index contributed by atoms with van der Waals surface area (Å²) in [7, 11) is 0. The topological polar surface area (TPSA) is 106 Å². The van der Waals surface area contributed by atoms with Crippen LogP contribution in [0.4, 0.5) is 10.5 Å². The molecule has 2 aromatic carbocycles. The van der Waals surface area contributed by atoms with Crippen LogP contribution in [0, 0.1) is 0 Å². The van der Waals surface area contributed by atoms with Crippen LogP contribution in [0.2, 0.25) is 0 Å². The molecule has 5 rings (SSSR count). The van der Waals surface area contributed by atoms with Crippen LogP contribution < -0.4 is 11.1 Å². The fraction of sp³-hybridized carbons (Fsp3) is 0.227. The molecule has 1 saturated heterocycles. The fourth-order valence-corrected chi connectivity index (χ4v) is 4.12. The number of benzene rings is 2. The van der Waals surface area contributed by atoms with Crippen molar-refractivity contribution in [2.75, 3.05) is 18.5 Å². The van der Waals surface area contributed by atoms with E-state index in [1.807, 2.05) is 58.5 Å². The van der Waals surface area contributed by atoms with Crippen molar-refractivity contribution in [2.24, 2.45) is 5.73 Å². The number of anilines is 1. The minimum absolute atomic E-state index is 0.146. The number of hydrogen-bond donors (Lipinski definition) is 2. The third-order valence-corrected chi connectivity index (χ3v) is 5.57. The Morgan fingerprint density at radius 2 is 1.81 bits per heavy atom.